The first kappa shape index (κ1) is 15.0. The molecule has 0 saturated carbocycles. The average molecular weight is 264 g/mol. The molecule has 19 heavy (non-hydrogen) atoms. The van der Waals surface area contributed by atoms with E-state index in [2.05, 4.69) is 5.32 Å². The van der Waals surface area contributed by atoms with Crippen molar-refractivity contribution in [2.75, 3.05) is 5.73 Å². The van der Waals surface area contributed by atoms with E-state index in [0.717, 1.165) is 5.56 Å². The zero-order chi connectivity index (χ0) is 14.4. The summed E-state index contributed by atoms with van der Waals surface area (Å²) in [5.74, 6) is -1.09. The van der Waals surface area contributed by atoms with Gasteiger partial charge in [0.05, 0.1) is 6.42 Å². The van der Waals surface area contributed by atoms with Crippen LogP contribution in [0.3, 0.4) is 0 Å². The molecule has 0 saturated heterocycles. The van der Waals surface area contributed by atoms with Crippen LogP contribution in [0.25, 0.3) is 0 Å². The summed E-state index contributed by atoms with van der Waals surface area (Å²) in [6.45, 7) is 3.84. The van der Waals surface area contributed by atoms with Gasteiger partial charge in [0, 0.05) is 5.69 Å². The molecule has 5 heteroatoms. The molecule has 0 spiro atoms. The van der Waals surface area contributed by atoms with Crippen LogP contribution in [-0.2, 0) is 16.0 Å². The lowest BCUT2D eigenvalue weighted by Gasteiger charge is -2.16. The van der Waals surface area contributed by atoms with Gasteiger partial charge in [0.25, 0.3) is 0 Å². The molecule has 104 valence electrons. The molecule has 1 atom stereocenters. The van der Waals surface area contributed by atoms with Crippen molar-refractivity contribution < 1.29 is 14.7 Å². The normalized spacial score (nSPS) is 12.2. The Morgan fingerprint density at radius 2 is 1.84 bits per heavy atom. The number of benzene rings is 1. The Balaban J connectivity index is 2.57. The number of nitrogen functional groups attached to an aromatic ring is 1. The van der Waals surface area contributed by atoms with Crippen molar-refractivity contribution in [3.63, 3.8) is 0 Å². The molecule has 0 aromatic heterocycles. The number of aliphatic carboxylic acids is 1. The van der Waals surface area contributed by atoms with Crippen LogP contribution in [0.5, 0.6) is 0 Å². The standard InChI is InChI=1S/C14H20N2O3/c1-9(2)7-12(14(18)19)16-13(17)8-10-3-5-11(15)6-4-10/h3-6,9,12H,7-8,15H2,1-2H3,(H,16,17)(H,18,19)/t12-/m0/s1. The van der Waals surface area contributed by atoms with Crippen molar-refractivity contribution in [3.05, 3.63) is 29.8 Å². The Labute approximate surface area is 112 Å². The molecule has 1 rings (SSSR count). The summed E-state index contributed by atoms with van der Waals surface area (Å²) in [5.41, 5.74) is 6.99. The third-order valence-electron chi connectivity index (χ3n) is 2.68. The predicted molar refractivity (Wildman–Crippen MR) is 73.6 cm³/mol. The SMILES string of the molecule is CC(C)C[C@H](NC(=O)Cc1ccc(N)cc1)C(=O)O. The largest absolute Gasteiger partial charge is 0.480 e. The predicted octanol–water partition coefficient (Wildman–Crippen LogP) is 1.43. The van der Waals surface area contributed by atoms with E-state index in [1.54, 1.807) is 24.3 Å². The van der Waals surface area contributed by atoms with Crippen LogP contribution in [0, 0.1) is 5.92 Å². The molecular formula is C14H20N2O3. The zero-order valence-electron chi connectivity index (χ0n) is 11.2. The van der Waals surface area contributed by atoms with Crippen LogP contribution in [0.4, 0.5) is 5.69 Å². The number of carboxylic acids is 1. The fourth-order valence-electron chi connectivity index (χ4n) is 1.76. The van der Waals surface area contributed by atoms with Crippen molar-refractivity contribution in [2.45, 2.75) is 32.7 Å². The lowest BCUT2D eigenvalue weighted by molar-refractivity contribution is -0.142. The van der Waals surface area contributed by atoms with Gasteiger partial charge in [0.15, 0.2) is 0 Å². The molecule has 1 amide bonds. The highest BCUT2D eigenvalue weighted by molar-refractivity contribution is 5.84. The molecule has 0 aliphatic rings. The minimum atomic E-state index is -1.00. The molecule has 5 nitrogen and oxygen atoms in total. The first-order valence-electron chi connectivity index (χ1n) is 6.25. The van der Waals surface area contributed by atoms with E-state index in [-0.39, 0.29) is 18.2 Å². The minimum absolute atomic E-state index is 0.155. The second kappa shape index (κ2) is 6.78. The van der Waals surface area contributed by atoms with Crippen LogP contribution in [-0.4, -0.2) is 23.0 Å². The Hall–Kier alpha value is -2.04. The van der Waals surface area contributed by atoms with Crippen LogP contribution >= 0.6 is 0 Å². The van der Waals surface area contributed by atoms with Crippen molar-refractivity contribution in [1.29, 1.82) is 0 Å². The monoisotopic (exact) mass is 264 g/mol. The lowest BCUT2D eigenvalue weighted by atomic mass is 10.0. The summed E-state index contributed by atoms with van der Waals surface area (Å²) in [6, 6.07) is 6.11. The van der Waals surface area contributed by atoms with E-state index < -0.39 is 12.0 Å². The molecule has 1 aromatic carbocycles. The Morgan fingerprint density at radius 1 is 1.26 bits per heavy atom. The summed E-state index contributed by atoms with van der Waals surface area (Å²) in [4.78, 5) is 22.8. The smallest absolute Gasteiger partial charge is 0.326 e. The summed E-state index contributed by atoms with van der Waals surface area (Å²) >= 11 is 0. The fraction of sp³-hybridized carbons (Fsp3) is 0.429. The van der Waals surface area contributed by atoms with Gasteiger partial charge in [0.1, 0.15) is 6.04 Å². The van der Waals surface area contributed by atoms with Gasteiger partial charge in [-0.05, 0) is 30.0 Å². The summed E-state index contributed by atoms with van der Waals surface area (Å²) in [7, 11) is 0. The molecule has 0 fully saturated rings. The molecule has 0 aliphatic carbocycles. The van der Waals surface area contributed by atoms with E-state index in [1.165, 1.54) is 0 Å². The Kier molecular flexibility index (Phi) is 5.36. The summed E-state index contributed by atoms with van der Waals surface area (Å²) < 4.78 is 0. The highest BCUT2D eigenvalue weighted by Crippen LogP contribution is 2.08. The molecule has 1 aromatic rings. The van der Waals surface area contributed by atoms with Crippen LogP contribution < -0.4 is 11.1 Å². The van der Waals surface area contributed by atoms with Crippen molar-refractivity contribution in [2.24, 2.45) is 5.92 Å². The van der Waals surface area contributed by atoms with E-state index in [0.29, 0.717) is 12.1 Å². The maximum Gasteiger partial charge on any atom is 0.326 e. The molecule has 0 bridgehead atoms. The second-order valence-corrected chi connectivity index (χ2v) is 5.01. The maximum atomic E-state index is 11.8. The van der Waals surface area contributed by atoms with Crippen LogP contribution in [0.15, 0.2) is 24.3 Å². The van der Waals surface area contributed by atoms with Crippen molar-refractivity contribution in [3.8, 4) is 0 Å². The topological polar surface area (TPSA) is 92.4 Å². The number of anilines is 1. The van der Waals surface area contributed by atoms with Crippen molar-refractivity contribution in [1.82, 2.24) is 5.32 Å². The van der Waals surface area contributed by atoms with Gasteiger partial charge < -0.3 is 16.2 Å². The number of hydrogen-bond acceptors (Lipinski definition) is 3. The lowest BCUT2D eigenvalue weighted by Crippen LogP contribution is -2.42. The highest BCUT2D eigenvalue weighted by atomic mass is 16.4. The molecule has 0 radical (unpaired) electrons. The van der Waals surface area contributed by atoms with Gasteiger partial charge in [-0.1, -0.05) is 26.0 Å². The number of carbonyl (C=O) groups excluding carboxylic acids is 1. The van der Waals surface area contributed by atoms with E-state index in [9.17, 15) is 9.59 Å². The van der Waals surface area contributed by atoms with Crippen LogP contribution in [0.2, 0.25) is 0 Å². The maximum absolute atomic E-state index is 11.8. The van der Waals surface area contributed by atoms with E-state index in [1.807, 2.05) is 13.8 Å². The number of rotatable bonds is 6. The summed E-state index contributed by atoms with van der Waals surface area (Å²) in [6.07, 6.45) is 0.574. The Morgan fingerprint density at radius 3 is 2.32 bits per heavy atom. The van der Waals surface area contributed by atoms with Crippen molar-refractivity contribution >= 4 is 17.6 Å². The van der Waals surface area contributed by atoms with Gasteiger partial charge in [-0.25, -0.2) is 4.79 Å². The molecular weight excluding hydrogens is 244 g/mol. The molecule has 0 heterocycles. The van der Waals surface area contributed by atoms with Gasteiger partial charge in [-0.2, -0.15) is 0 Å². The Bertz CT molecular complexity index is 441. The third-order valence-corrected chi connectivity index (χ3v) is 2.68. The molecule has 4 N–H and O–H groups in total. The van der Waals surface area contributed by atoms with Crippen LogP contribution in [0.1, 0.15) is 25.8 Å². The first-order valence-corrected chi connectivity index (χ1v) is 6.25. The quantitative estimate of drug-likeness (QED) is 0.678. The number of carboxylic acid groups (broad SMARTS) is 1. The highest BCUT2D eigenvalue weighted by Gasteiger charge is 2.20. The van der Waals surface area contributed by atoms with Gasteiger partial charge in [-0.15, -0.1) is 0 Å². The average Bonchev–Trinajstić information content (AvgIpc) is 2.30. The molecule has 0 unspecified atom stereocenters. The summed E-state index contributed by atoms with van der Waals surface area (Å²) in [5, 5.41) is 11.6. The number of amides is 1. The second-order valence-electron chi connectivity index (χ2n) is 5.01. The number of hydrogen-bond donors (Lipinski definition) is 3. The molecule has 0 aliphatic heterocycles. The zero-order valence-corrected chi connectivity index (χ0v) is 11.2. The fourth-order valence-corrected chi connectivity index (χ4v) is 1.76. The van der Waals surface area contributed by atoms with Gasteiger partial charge >= 0.3 is 5.97 Å². The minimum Gasteiger partial charge on any atom is -0.480 e. The van der Waals surface area contributed by atoms with Gasteiger partial charge in [0.2, 0.25) is 5.91 Å². The van der Waals surface area contributed by atoms with Gasteiger partial charge in [-0.3, -0.25) is 4.79 Å². The number of nitrogens with one attached hydrogen (secondary N) is 1. The first-order chi connectivity index (χ1) is 8.88. The number of nitrogens with two attached hydrogens (primary N) is 1. The van der Waals surface area contributed by atoms with E-state index in [4.69, 9.17) is 10.8 Å². The number of carbonyl (C=O) groups is 2. The van der Waals surface area contributed by atoms with E-state index >= 15 is 0 Å². The third kappa shape index (κ3) is 5.42.